The van der Waals surface area contributed by atoms with E-state index < -0.39 is 6.04 Å². The number of hydrogen-bond acceptors (Lipinski definition) is 3. The normalized spacial score (nSPS) is 19.2. The summed E-state index contributed by atoms with van der Waals surface area (Å²) in [5, 5.41) is 0. The molecule has 0 spiro atoms. The second kappa shape index (κ2) is 7.87. The van der Waals surface area contributed by atoms with Crippen LogP contribution in [0.15, 0.2) is 59.1 Å². The summed E-state index contributed by atoms with van der Waals surface area (Å²) in [5.41, 5.74) is 1.65. The molecule has 1 unspecified atom stereocenters. The van der Waals surface area contributed by atoms with Gasteiger partial charge in [-0.15, -0.1) is 0 Å². The summed E-state index contributed by atoms with van der Waals surface area (Å²) in [7, 11) is 0. The van der Waals surface area contributed by atoms with Gasteiger partial charge in [-0.2, -0.15) is 0 Å². The molecule has 1 saturated carbocycles. The lowest BCUT2D eigenvalue weighted by Gasteiger charge is -2.28. The fraction of sp³-hybridized carbons (Fsp3) is 0.318. The van der Waals surface area contributed by atoms with Crippen LogP contribution in [-0.2, 0) is 20.8 Å². The monoisotopic (exact) mass is 440 g/mol. The number of nitrogens with zero attached hydrogens (tertiary/aromatic N) is 2. The molecular formula is C22H21BrN2O3. The van der Waals surface area contributed by atoms with Gasteiger partial charge in [-0.25, -0.2) is 4.90 Å². The Kier molecular flexibility index (Phi) is 5.31. The first-order valence-corrected chi connectivity index (χ1v) is 10.3. The summed E-state index contributed by atoms with van der Waals surface area (Å²) >= 11 is 3.36. The summed E-state index contributed by atoms with van der Waals surface area (Å²) < 4.78 is 0.875. The van der Waals surface area contributed by atoms with Crippen molar-refractivity contribution in [2.24, 2.45) is 5.92 Å². The smallest absolute Gasteiger partial charge is 0.257 e. The zero-order valence-electron chi connectivity index (χ0n) is 15.4. The maximum atomic E-state index is 13.1. The van der Waals surface area contributed by atoms with Gasteiger partial charge in [-0.3, -0.25) is 14.4 Å². The largest absolute Gasteiger partial charge is 0.330 e. The van der Waals surface area contributed by atoms with Crippen molar-refractivity contribution in [1.29, 1.82) is 0 Å². The van der Waals surface area contributed by atoms with E-state index in [0.717, 1.165) is 22.9 Å². The molecule has 0 N–H and O–H groups in total. The molecule has 2 aliphatic rings. The molecule has 0 aromatic heterocycles. The van der Waals surface area contributed by atoms with E-state index >= 15 is 0 Å². The van der Waals surface area contributed by atoms with Gasteiger partial charge in [0, 0.05) is 16.9 Å². The third-order valence-corrected chi connectivity index (χ3v) is 5.81. The van der Waals surface area contributed by atoms with E-state index in [1.165, 1.54) is 4.90 Å². The molecule has 1 aliphatic heterocycles. The molecule has 1 saturated heterocycles. The molecule has 144 valence electrons. The molecule has 1 heterocycles. The highest BCUT2D eigenvalue weighted by atomic mass is 79.9. The maximum Gasteiger partial charge on any atom is 0.257 e. The van der Waals surface area contributed by atoms with Gasteiger partial charge in [0.05, 0.1) is 12.1 Å². The number of anilines is 1. The molecule has 1 atom stereocenters. The highest BCUT2D eigenvalue weighted by molar-refractivity contribution is 9.10. The van der Waals surface area contributed by atoms with E-state index in [0.29, 0.717) is 18.7 Å². The van der Waals surface area contributed by atoms with Crippen LogP contribution in [0.1, 0.15) is 24.8 Å². The summed E-state index contributed by atoms with van der Waals surface area (Å²) in [4.78, 5) is 41.5. The summed E-state index contributed by atoms with van der Waals surface area (Å²) in [5.74, 6) is -0.569. The van der Waals surface area contributed by atoms with Crippen LogP contribution in [0.3, 0.4) is 0 Å². The van der Waals surface area contributed by atoms with Crippen LogP contribution < -0.4 is 4.90 Å². The molecule has 3 amide bonds. The minimum Gasteiger partial charge on any atom is -0.330 e. The van der Waals surface area contributed by atoms with Crippen molar-refractivity contribution in [3.8, 4) is 0 Å². The number of hydrogen-bond donors (Lipinski definition) is 0. The lowest BCUT2D eigenvalue weighted by Crippen LogP contribution is -2.47. The van der Waals surface area contributed by atoms with Gasteiger partial charge in [-0.05, 0) is 49.1 Å². The van der Waals surface area contributed by atoms with Gasteiger partial charge in [0.25, 0.3) is 5.91 Å². The molecule has 1 aliphatic carbocycles. The quantitative estimate of drug-likeness (QED) is 0.645. The van der Waals surface area contributed by atoms with E-state index in [-0.39, 0.29) is 30.1 Å². The fourth-order valence-corrected chi connectivity index (χ4v) is 3.86. The first-order chi connectivity index (χ1) is 13.5. The average Bonchev–Trinajstić information content (AvgIpc) is 3.50. The van der Waals surface area contributed by atoms with Crippen LogP contribution in [0.4, 0.5) is 5.69 Å². The van der Waals surface area contributed by atoms with Crippen LogP contribution in [0.2, 0.25) is 0 Å². The van der Waals surface area contributed by atoms with E-state index in [9.17, 15) is 14.4 Å². The standard InChI is InChI=1S/C22H21BrN2O3/c23-17-8-10-18(11-9-17)25-20(26)14-19(22(25)28)24(21(27)16-6-7-16)13-12-15-4-2-1-3-5-15/h1-5,8-11,16,19H,6-7,12-14H2. The highest BCUT2D eigenvalue weighted by Crippen LogP contribution is 2.34. The van der Waals surface area contributed by atoms with Crippen molar-refractivity contribution < 1.29 is 14.4 Å². The van der Waals surface area contributed by atoms with Crippen molar-refractivity contribution in [2.75, 3.05) is 11.4 Å². The van der Waals surface area contributed by atoms with Crippen molar-refractivity contribution in [2.45, 2.75) is 31.7 Å². The number of benzene rings is 2. The number of halogens is 1. The van der Waals surface area contributed by atoms with E-state index in [4.69, 9.17) is 0 Å². The molecular weight excluding hydrogens is 420 g/mol. The van der Waals surface area contributed by atoms with Crippen LogP contribution in [-0.4, -0.2) is 35.2 Å². The van der Waals surface area contributed by atoms with Gasteiger partial charge >= 0.3 is 0 Å². The summed E-state index contributed by atoms with van der Waals surface area (Å²) in [6.07, 6.45) is 2.44. The van der Waals surface area contributed by atoms with Crippen molar-refractivity contribution >= 4 is 39.3 Å². The van der Waals surface area contributed by atoms with Crippen molar-refractivity contribution in [3.05, 3.63) is 64.6 Å². The number of amides is 3. The Labute approximate surface area is 172 Å². The third kappa shape index (κ3) is 3.87. The van der Waals surface area contributed by atoms with Gasteiger partial charge in [0.15, 0.2) is 0 Å². The fourth-order valence-electron chi connectivity index (χ4n) is 3.60. The van der Waals surface area contributed by atoms with Crippen LogP contribution >= 0.6 is 15.9 Å². The molecule has 0 radical (unpaired) electrons. The van der Waals surface area contributed by atoms with Crippen LogP contribution in [0, 0.1) is 5.92 Å². The minimum absolute atomic E-state index is 0.000243. The molecule has 5 nitrogen and oxygen atoms in total. The second-order valence-corrected chi connectivity index (χ2v) is 8.22. The Morgan fingerprint density at radius 2 is 1.71 bits per heavy atom. The predicted octanol–water partition coefficient (Wildman–Crippen LogP) is 3.56. The maximum absolute atomic E-state index is 13.1. The summed E-state index contributed by atoms with van der Waals surface area (Å²) in [6.45, 7) is 0.442. The number of carbonyl (C=O) groups excluding carboxylic acids is 3. The lowest BCUT2D eigenvalue weighted by molar-refractivity contribution is -0.139. The SMILES string of the molecule is O=C1CC(N(CCc2ccccc2)C(=O)C2CC2)C(=O)N1c1ccc(Br)cc1. The van der Waals surface area contributed by atoms with Gasteiger partial charge in [-0.1, -0.05) is 46.3 Å². The number of rotatable bonds is 6. The molecule has 4 rings (SSSR count). The Balaban J connectivity index is 1.55. The van der Waals surface area contributed by atoms with Crippen molar-refractivity contribution in [3.63, 3.8) is 0 Å². The minimum atomic E-state index is -0.715. The number of carbonyl (C=O) groups is 3. The zero-order valence-corrected chi connectivity index (χ0v) is 17.0. The Bertz CT molecular complexity index is 894. The molecule has 2 aromatic rings. The van der Waals surface area contributed by atoms with E-state index in [1.54, 1.807) is 29.2 Å². The van der Waals surface area contributed by atoms with Crippen LogP contribution in [0.25, 0.3) is 0 Å². The average molecular weight is 441 g/mol. The Hall–Kier alpha value is -2.47. The van der Waals surface area contributed by atoms with Gasteiger partial charge < -0.3 is 4.90 Å². The zero-order chi connectivity index (χ0) is 19.7. The van der Waals surface area contributed by atoms with Crippen molar-refractivity contribution in [1.82, 2.24) is 4.90 Å². The van der Waals surface area contributed by atoms with E-state index in [2.05, 4.69) is 15.9 Å². The lowest BCUT2D eigenvalue weighted by atomic mass is 10.1. The van der Waals surface area contributed by atoms with Gasteiger partial charge in [0.1, 0.15) is 6.04 Å². The Morgan fingerprint density at radius 1 is 1.04 bits per heavy atom. The summed E-state index contributed by atoms with van der Waals surface area (Å²) in [6, 6.07) is 16.2. The second-order valence-electron chi connectivity index (χ2n) is 7.31. The molecule has 28 heavy (non-hydrogen) atoms. The molecule has 6 heteroatoms. The molecule has 0 bridgehead atoms. The predicted molar refractivity (Wildman–Crippen MR) is 110 cm³/mol. The first kappa shape index (κ1) is 18.9. The topological polar surface area (TPSA) is 57.7 Å². The third-order valence-electron chi connectivity index (χ3n) is 5.28. The van der Waals surface area contributed by atoms with E-state index in [1.807, 2.05) is 30.3 Å². The number of imide groups is 1. The molecule has 2 fully saturated rings. The highest BCUT2D eigenvalue weighted by Gasteiger charge is 2.46. The first-order valence-electron chi connectivity index (χ1n) is 9.51. The van der Waals surface area contributed by atoms with Crippen LogP contribution in [0.5, 0.6) is 0 Å². The Morgan fingerprint density at radius 3 is 2.36 bits per heavy atom. The van der Waals surface area contributed by atoms with Gasteiger partial charge in [0.2, 0.25) is 11.8 Å². The molecule has 2 aromatic carbocycles.